The fourth-order valence-corrected chi connectivity index (χ4v) is 4.85. The summed E-state index contributed by atoms with van der Waals surface area (Å²) in [4.78, 5) is 27.7. The number of hydrogen-bond donors (Lipinski definition) is 1. The van der Waals surface area contributed by atoms with Crippen molar-refractivity contribution in [1.82, 2.24) is 10.2 Å². The van der Waals surface area contributed by atoms with E-state index in [1.54, 1.807) is 13.0 Å². The first-order chi connectivity index (χ1) is 15.3. The molecule has 0 aliphatic heterocycles. The highest BCUT2D eigenvalue weighted by Gasteiger charge is 2.30. The third kappa shape index (κ3) is 7.57. The Kier molecular flexibility index (Phi) is 9.08. The highest BCUT2D eigenvalue weighted by Crippen LogP contribution is 2.24. The first-order valence-corrected chi connectivity index (χ1v) is 13.3. The van der Waals surface area contributed by atoms with Gasteiger partial charge in [0.15, 0.2) is 0 Å². The molecule has 0 aromatic heterocycles. The molecular weight excluding hydrogens is 506 g/mol. The first kappa shape index (κ1) is 26.9. The Bertz CT molecular complexity index is 1120. The van der Waals surface area contributed by atoms with Crippen molar-refractivity contribution < 1.29 is 18.0 Å². The summed E-state index contributed by atoms with van der Waals surface area (Å²) in [6.07, 6.45) is 1.08. The van der Waals surface area contributed by atoms with Crippen molar-refractivity contribution in [3.8, 4) is 0 Å². The molecule has 2 rings (SSSR count). The van der Waals surface area contributed by atoms with Gasteiger partial charge in [-0.15, -0.1) is 0 Å². The first-order valence-electron chi connectivity index (χ1n) is 10.7. The van der Waals surface area contributed by atoms with Crippen molar-refractivity contribution in [1.29, 1.82) is 0 Å². The van der Waals surface area contributed by atoms with Gasteiger partial charge in [-0.1, -0.05) is 45.8 Å². The lowest BCUT2D eigenvalue weighted by molar-refractivity contribution is -0.139. The summed E-state index contributed by atoms with van der Waals surface area (Å²) in [5.74, 6) is -0.766. The molecule has 0 saturated carbocycles. The summed E-state index contributed by atoms with van der Waals surface area (Å²) < 4.78 is 27.2. The number of amides is 2. The Labute approximate surface area is 205 Å². The highest BCUT2D eigenvalue weighted by molar-refractivity contribution is 9.10. The van der Waals surface area contributed by atoms with E-state index in [-0.39, 0.29) is 18.5 Å². The average molecular weight is 539 g/mol. The number of aryl methyl sites for hydroxylation is 2. The van der Waals surface area contributed by atoms with E-state index in [1.807, 2.05) is 64.1 Å². The highest BCUT2D eigenvalue weighted by atomic mass is 79.9. The lowest BCUT2D eigenvalue weighted by Crippen LogP contribution is -2.52. The number of halogens is 1. The summed E-state index contributed by atoms with van der Waals surface area (Å²) >= 11 is 3.43. The van der Waals surface area contributed by atoms with Crippen LogP contribution in [0.4, 0.5) is 5.69 Å². The molecule has 2 amide bonds. The van der Waals surface area contributed by atoms with Crippen molar-refractivity contribution in [2.75, 3.05) is 17.1 Å². The number of rotatable bonds is 9. The van der Waals surface area contributed by atoms with Gasteiger partial charge in [0, 0.05) is 17.1 Å². The van der Waals surface area contributed by atoms with Crippen LogP contribution in [0.2, 0.25) is 0 Å². The monoisotopic (exact) mass is 537 g/mol. The Morgan fingerprint density at radius 2 is 1.73 bits per heavy atom. The van der Waals surface area contributed by atoms with Crippen LogP contribution in [0.25, 0.3) is 0 Å². The van der Waals surface area contributed by atoms with Crippen LogP contribution in [0.3, 0.4) is 0 Å². The molecule has 0 aliphatic carbocycles. The van der Waals surface area contributed by atoms with Crippen molar-refractivity contribution in [3.05, 3.63) is 63.6 Å². The minimum absolute atomic E-state index is 0.0921. The maximum absolute atomic E-state index is 13.5. The number of hydrogen-bond acceptors (Lipinski definition) is 4. The molecule has 0 fully saturated rings. The van der Waals surface area contributed by atoms with Gasteiger partial charge in [0.05, 0.1) is 11.9 Å². The van der Waals surface area contributed by atoms with E-state index in [1.165, 1.54) is 4.90 Å². The maximum Gasteiger partial charge on any atom is 0.244 e. The SMILES string of the molecule is Cc1ccc(N(CC(=O)N(Cc2cccc(Br)c2)C(C)C(=O)NC(C)C)S(C)(=O)=O)c(C)c1. The maximum atomic E-state index is 13.5. The van der Waals surface area contributed by atoms with E-state index < -0.39 is 28.5 Å². The van der Waals surface area contributed by atoms with Crippen LogP contribution in [0, 0.1) is 13.8 Å². The van der Waals surface area contributed by atoms with E-state index in [0.717, 1.165) is 31.7 Å². The van der Waals surface area contributed by atoms with Gasteiger partial charge in [0.1, 0.15) is 12.6 Å². The molecule has 1 unspecified atom stereocenters. The molecule has 0 bridgehead atoms. The van der Waals surface area contributed by atoms with Crippen LogP contribution in [0.1, 0.15) is 37.5 Å². The summed E-state index contributed by atoms with van der Waals surface area (Å²) in [7, 11) is -3.75. The van der Waals surface area contributed by atoms with Crippen LogP contribution in [-0.2, 0) is 26.2 Å². The molecule has 1 N–H and O–H groups in total. The summed E-state index contributed by atoms with van der Waals surface area (Å²) in [5, 5.41) is 2.83. The third-order valence-electron chi connectivity index (χ3n) is 5.14. The molecule has 0 heterocycles. The number of anilines is 1. The standard InChI is InChI=1S/C24H32BrN3O4S/c1-16(2)26-24(30)19(5)27(14-20-8-7-9-21(25)13-20)23(29)15-28(33(6,31)32)22-11-10-17(3)12-18(22)4/h7-13,16,19H,14-15H2,1-6H3,(H,26,30). The largest absolute Gasteiger partial charge is 0.352 e. The van der Waals surface area contributed by atoms with Crippen LogP contribution < -0.4 is 9.62 Å². The fourth-order valence-electron chi connectivity index (χ4n) is 3.50. The number of nitrogens with zero attached hydrogens (tertiary/aromatic N) is 2. The molecule has 0 aliphatic rings. The number of carbonyl (C=O) groups is 2. The Balaban J connectivity index is 2.42. The number of carbonyl (C=O) groups excluding carboxylic acids is 2. The molecule has 7 nitrogen and oxygen atoms in total. The van der Waals surface area contributed by atoms with E-state index in [2.05, 4.69) is 21.2 Å². The Hall–Kier alpha value is -2.39. The van der Waals surface area contributed by atoms with Crippen LogP contribution in [-0.4, -0.2) is 50.0 Å². The van der Waals surface area contributed by atoms with Crippen molar-refractivity contribution >= 4 is 43.5 Å². The van der Waals surface area contributed by atoms with Crippen molar-refractivity contribution in [2.24, 2.45) is 0 Å². The smallest absolute Gasteiger partial charge is 0.244 e. The van der Waals surface area contributed by atoms with Gasteiger partial charge in [0.2, 0.25) is 21.8 Å². The molecule has 0 radical (unpaired) electrons. The lowest BCUT2D eigenvalue weighted by Gasteiger charge is -2.32. The van der Waals surface area contributed by atoms with Gasteiger partial charge < -0.3 is 10.2 Å². The second kappa shape index (κ2) is 11.2. The van der Waals surface area contributed by atoms with E-state index in [4.69, 9.17) is 0 Å². The predicted molar refractivity (Wildman–Crippen MR) is 136 cm³/mol. The molecule has 33 heavy (non-hydrogen) atoms. The Morgan fingerprint density at radius 3 is 2.27 bits per heavy atom. The second-order valence-corrected chi connectivity index (χ2v) is 11.4. The zero-order valence-corrected chi connectivity index (χ0v) is 22.3. The van der Waals surface area contributed by atoms with Gasteiger partial charge in [-0.2, -0.15) is 0 Å². The van der Waals surface area contributed by atoms with Gasteiger partial charge in [-0.3, -0.25) is 13.9 Å². The summed E-state index contributed by atoms with van der Waals surface area (Å²) in [5.41, 5.74) is 3.00. The van der Waals surface area contributed by atoms with Crippen LogP contribution >= 0.6 is 15.9 Å². The van der Waals surface area contributed by atoms with Gasteiger partial charge in [0.25, 0.3) is 0 Å². The van der Waals surface area contributed by atoms with E-state index in [9.17, 15) is 18.0 Å². The lowest BCUT2D eigenvalue weighted by atomic mass is 10.1. The molecule has 0 spiro atoms. The second-order valence-electron chi connectivity index (χ2n) is 8.55. The van der Waals surface area contributed by atoms with E-state index >= 15 is 0 Å². The molecular formula is C24H32BrN3O4S. The normalized spacial score (nSPS) is 12.4. The average Bonchev–Trinajstić information content (AvgIpc) is 2.69. The number of sulfonamides is 1. The number of benzene rings is 2. The zero-order valence-electron chi connectivity index (χ0n) is 19.9. The van der Waals surface area contributed by atoms with Gasteiger partial charge in [-0.25, -0.2) is 8.42 Å². The molecule has 1 atom stereocenters. The van der Waals surface area contributed by atoms with Gasteiger partial charge in [-0.05, 0) is 63.9 Å². The van der Waals surface area contributed by atoms with Crippen LogP contribution in [0.5, 0.6) is 0 Å². The summed E-state index contributed by atoms with van der Waals surface area (Å²) in [6.45, 7) is 8.82. The molecule has 180 valence electrons. The predicted octanol–water partition coefficient (Wildman–Crippen LogP) is 3.77. The third-order valence-corrected chi connectivity index (χ3v) is 6.76. The number of nitrogens with one attached hydrogen (secondary N) is 1. The fraction of sp³-hybridized carbons (Fsp3) is 0.417. The molecule has 2 aromatic rings. The topological polar surface area (TPSA) is 86.8 Å². The minimum atomic E-state index is -3.75. The Morgan fingerprint density at radius 1 is 1.06 bits per heavy atom. The minimum Gasteiger partial charge on any atom is -0.352 e. The van der Waals surface area contributed by atoms with Crippen LogP contribution in [0.15, 0.2) is 46.9 Å². The molecule has 9 heteroatoms. The zero-order chi connectivity index (χ0) is 24.9. The molecule has 2 aromatic carbocycles. The summed E-state index contributed by atoms with van der Waals surface area (Å²) in [6, 6.07) is 11.9. The van der Waals surface area contributed by atoms with Crippen molar-refractivity contribution in [2.45, 2.75) is 53.2 Å². The van der Waals surface area contributed by atoms with E-state index in [0.29, 0.717) is 5.69 Å². The molecule has 0 saturated heterocycles. The quantitative estimate of drug-likeness (QED) is 0.527. The van der Waals surface area contributed by atoms with Crippen molar-refractivity contribution in [3.63, 3.8) is 0 Å². The van der Waals surface area contributed by atoms with Gasteiger partial charge >= 0.3 is 0 Å².